The fraction of sp³-hybridized carbons (Fsp3) is 0.143. The van der Waals surface area contributed by atoms with Crippen molar-refractivity contribution >= 4 is 5.70 Å². The molecule has 0 atom stereocenters. The van der Waals surface area contributed by atoms with E-state index < -0.39 is 0 Å². The van der Waals surface area contributed by atoms with Gasteiger partial charge in [-0.1, -0.05) is 30.4 Å². The number of hydrogen-bond donors (Lipinski definition) is 1. The topological polar surface area (TPSA) is 26.0 Å². The van der Waals surface area contributed by atoms with Gasteiger partial charge in [0.25, 0.3) is 0 Å². The van der Waals surface area contributed by atoms with Crippen LogP contribution in [0.15, 0.2) is 42.5 Å². The first-order chi connectivity index (χ1) is 7.27. The zero-order chi connectivity index (χ0) is 11.1. The number of rotatable bonds is 3. The summed E-state index contributed by atoms with van der Waals surface area (Å²) in [5.74, 6) is 2.62. The standard InChI is InChI=1S/C14H15N/c1-3-5-10-14(15)13-9-6-8-12(11-13)7-4-2/h2-3,5-6,8-11H,7,15H2,1H3/b5-3-,14-10-. The molecule has 0 bridgehead atoms. The number of allylic oxidation sites excluding steroid dienone is 3. The summed E-state index contributed by atoms with van der Waals surface area (Å²) in [5.41, 5.74) is 8.79. The lowest BCUT2D eigenvalue weighted by atomic mass is 10.1. The Morgan fingerprint density at radius 3 is 3.00 bits per heavy atom. The second kappa shape index (κ2) is 5.72. The Morgan fingerprint density at radius 2 is 2.33 bits per heavy atom. The van der Waals surface area contributed by atoms with Gasteiger partial charge in [-0.05, 0) is 30.2 Å². The molecule has 2 N–H and O–H groups in total. The highest BCUT2D eigenvalue weighted by Crippen LogP contribution is 2.11. The minimum absolute atomic E-state index is 0.644. The van der Waals surface area contributed by atoms with Crippen molar-refractivity contribution in [2.75, 3.05) is 0 Å². The Labute approximate surface area is 91.3 Å². The predicted molar refractivity (Wildman–Crippen MR) is 66.0 cm³/mol. The molecule has 0 saturated heterocycles. The molecule has 0 aliphatic rings. The molecule has 0 heterocycles. The van der Waals surface area contributed by atoms with Gasteiger partial charge in [-0.25, -0.2) is 0 Å². The van der Waals surface area contributed by atoms with E-state index >= 15 is 0 Å². The zero-order valence-corrected chi connectivity index (χ0v) is 8.90. The van der Waals surface area contributed by atoms with Gasteiger partial charge < -0.3 is 5.73 Å². The van der Waals surface area contributed by atoms with Gasteiger partial charge in [-0.2, -0.15) is 0 Å². The van der Waals surface area contributed by atoms with Gasteiger partial charge in [-0.15, -0.1) is 12.3 Å². The van der Waals surface area contributed by atoms with Crippen molar-refractivity contribution in [1.82, 2.24) is 0 Å². The number of nitrogens with two attached hydrogens (primary N) is 1. The van der Waals surface area contributed by atoms with E-state index in [9.17, 15) is 0 Å². The highest BCUT2D eigenvalue weighted by Gasteiger charge is 1.96. The van der Waals surface area contributed by atoms with E-state index in [2.05, 4.69) is 5.92 Å². The summed E-state index contributed by atoms with van der Waals surface area (Å²) in [7, 11) is 0. The maximum atomic E-state index is 5.90. The fourth-order valence-electron chi connectivity index (χ4n) is 1.27. The van der Waals surface area contributed by atoms with Crippen LogP contribution >= 0.6 is 0 Å². The lowest BCUT2D eigenvalue weighted by Crippen LogP contribution is -1.96. The molecule has 0 radical (unpaired) electrons. The second-order valence-corrected chi connectivity index (χ2v) is 3.23. The van der Waals surface area contributed by atoms with Gasteiger partial charge in [0.15, 0.2) is 0 Å². The first kappa shape index (κ1) is 11.1. The van der Waals surface area contributed by atoms with Crippen LogP contribution in [-0.2, 0) is 6.42 Å². The molecule has 0 aliphatic heterocycles. The third-order valence-electron chi connectivity index (χ3n) is 2.03. The molecule has 0 fully saturated rings. The van der Waals surface area contributed by atoms with Crippen molar-refractivity contribution in [3.8, 4) is 12.3 Å². The minimum atomic E-state index is 0.644. The van der Waals surface area contributed by atoms with Gasteiger partial charge in [0.1, 0.15) is 0 Å². The molecule has 0 aromatic heterocycles. The average molecular weight is 197 g/mol. The molecule has 1 nitrogen and oxygen atoms in total. The quantitative estimate of drug-likeness (QED) is 0.585. The lowest BCUT2D eigenvalue weighted by Gasteiger charge is -2.02. The second-order valence-electron chi connectivity index (χ2n) is 3.23. The normalized spacial score (nSPS) is 11.6. The number of hydrogen-bond acceptors (Lipinski definition) is 1. The van der Waals surface area contributed by atoms with Gasteiger partial charge >= 0.3 is 0 Å². The van der Waals surface area contributed by atoms with Crippen LogP contribution in [0, 0.1) is 12.3 Å². The molecule has 1 heteroatoms. The molecule has 0 spiro atoms. The molecule has 1 aromatic carbocycles. The van der Waals surface area contributed by atoms with Crippen LogP contribution in [-0.4, -0.2) is 0 Å². The van der Waals surface area contributed by atoms with Crippen molar-refractivity contribution in [3.63, 3.8) is 0 Å². The summed E-state index contributed by atoms with van der Waals surface area (Å²) >= 11 is 0. The summed E-state index contributed by atoms with van der Waals surface area (Å²) in [5, 5.41) is 0. The SMILES string of the molecule is C#CCc1cccc(/C(N)=C/C=C\C)c1. The average Bonchev–Trinajstić information content (AvgIpc) is 2.27. The number of benzene rings is 1. The van der Waals surface area contributed by atoms with Crippen LogP contribution in [0.1, 0.15) is 18.1 Å². The monoisotopic (exact) mass is 197 g/mol. The van der Waals surface area contributed by atoms with E-state index in [1.54, 1.807) is 0 Å². The third-order valence-corrected chi connectivity index (χ3v) is 2.03. The van der Waals surface area contributed by atoms with Crippen molar-refractivity contribution in [1.29, 1.82) is 0 Å². The first-order valence-corrected chi connectivity index (χ1v) is 4.89. The highest BCUT2D eigenvalue weighted by molar-refractivity contribution is 5.64. The molecule has 0 saturated carbocycles. The van der Waals surface area contributed by atoms with Gasteiger partial charge in [-0.3, -0.25) is 0 Å². The molecular weight excluding hydrogens is 182 g/mol. The van der Waals surface area contributed by atoms with E-state index in [0.29, 0.717) is 6.42 Å². The molecule has 76 valence electrons. The van der Waals surface area contributed by atoms with Crippen LogP contribution in [0.5, 0.6) is 0 Å². The molecule has 1 aromatic rings. The van der Waals surface area contributed by atoms with Crippen molar-refractivity contribution in [2.45, 2.75) is 13.3 Å². The van der Waals surface area contributed by atoms with Crippen LogP contribution in [0.25, 0.3) is 5.70 Å². The third kappa shape index (κ3) is 3.36. The van der Waals surface area contributed by atoms with E-state index in [-0.39, 0.29) is 0 Å². The largest absolute Gasteiger partial charge is 0.398 e. The summed E-state index contributed by atoms with van der Waals surface area (Å²) < 4.78 is 0. The maximum absolute atomic E-state index is 5.90. The Balaban J connectivity index is 2.95. The first-order valence-electron chi connectivity index (χ1n) is 4.89. The molecule has 0 aliphatic carbocycles. The Morgan fingerprint density at radius 1 is 1.53 bits per heavy atom. The number of terminal acetylenes is 1. The summed E-state index contributed by atoms with van der Waals surface area (Å²) in [6, 6.07) is 7.98. The van der Waals surface area contributed by atoms with E-state index in [1.165, 1.54) is 0 Å². The molecule has 0 unspecified atom stereocenters. The highest BCUT2D eigenvalue weighted by atomic mass is 14.6. The van der Waals surface area contributed by atoms with E-state index in [0.717, 1.165) is 16.8 Å². The van der Waals surface area contributed by atoms with Crippen molar-refractivity contribution < 1.29 is 0 Å². The van der Waals surface area contributed by atoms with Crippen LogP contribution in [0.3, 0.4) is 0 Å². The molecule has 1 rings (SSSR count). The van der Waals surface area contributed by atoms with Gasteiger partial charge in [0, 0.05) is 12.1 Å². The van der Waals surface area contributed by atoms with Gasteiger partial charge in [0.2, 0.25) is 0 Å². The molecular formula is C14H15N. The van der Waals surface area contributed by atoms with Crippen molar-refractivity contribution in [2.24, 2.45) is 5.73 Å². The summed E-state index contributed by atoms with van der Waals surface area (Å²) in [4.78, 5) is 0. The van der Waals surface area contributed by atoms with Crippen LogP contribution in [0.2, 0.25) is 0 Å². The predicted octanol–water partition coefficient (Wildman–Crippen LogP) is 2.74. The minimum Gasteiger partial charge on any atom is -0.398 e. The summed E-state index contributed by atoms with van der Waals surface area (Å²) in [6.07, 6.45) is 11.6. The Kier molecular flexibility index (Phi) is 4.25. The van der Waals surface area contributed by atoms with Crippen molar-refractivity contribution in [3.05, 3.63) is 53.6 Å². The lowest BCUT2D eigenvalue weighted by molar-refractivity contribution is 1.31. The molecule has 0 amide bonds. The Bertz CT molecular complexity index is 419. The van der Waals surface area contributed by atoms with E-state index in [1.807, 2.05) is 49.4 Å². The molecule has 15 heavy (non-hydrogen) atoms. The zero-order valence-electron chi connectivity index (χ0n) is 8.90. The van der Waals surface area contributed by atoms with E-state index in [4.69, 9.17) is 12.2 Å². The smallest absolute Gasteiger partial charge is 0.0387 e. The van der Waals surface area contributed by atoms with Crippen LogP contribution < -0.4 is 5.73 Å². The van der Waals surface area contributed by atoms with Crippen LogP contribution in [0.4, 0.5) is 0 Å². The fourth-order valence-corrected chi connectivity index (χ4v) is 1.27. The van der Waals surface area contributed by atoms with Gasteiger partial charge in [0.05, 0.1) is 0 Å². The Hall–Kier alpha value is -1.94. The maximum Gasteiger partial charge on any atom is 0.0387 e. The summed E-state index contributed by atoms with van der Waals surface area (Å²) in [6.45, 7) is 1.96.